The minimum atomic E-state index is -2.83. The molecule has 108 valence electrons. The monoisotopic (exact) mass is 286 g/mol. The van der Waals surface area contributed by atoms with Crippen LogP contribution in [0.15, 0.2) is 16.7 Å². The summed E-state index contributed by atoms with van der Waals surface area (Å²) in [5.41, 5.74) is 1.15. The molecule has 0 saturated carbocycles. The van der Waals surface area contributed by atoms with Crippen molar-refractivity contribution < 1.29 is 12.8 Å². The zero-order valence-electron chi connectivity index (χ0n) is 11.4. The molecule has 19 heavy (non-hydrogen) atoms. The summed E-state index contributed by atoms with van der Waals surface area (Å²) in [7, 11) is -2.83. The molecule has 5 nitrogen and oxygen atoms in total. The van der Waals surface area contributed by atoms with Gasteiger partial charge in [-0.1, -0.05) is 6.92 Å². The van der Waals surface area contributed by atoms with Crippen molar-refractivity contribution >= 4 is 9.84 Å². The largest absolute Gasteiger partial charge is 0.468 e. The minimum absolute atomic E-state index is 0.271. The van der Waals surface area contributed by atoms with E-state index in [2.05, 4.69) is 17.1 Å². The van der Waals surface area contributed by atoms with Gasteiger partial charge in [-0.3, -0.25) is 4.90 Å². The van der Waals surface area contributed by atoms with Crippen LogP contribution in [-0.4, -0.2) is 44.5 Å². The van der Waals surface area contributed by atoms with Crippen molar-refractivity contribution in [1.29, 1.82) is 0 Å². The Morgan fingerprint density at radius 3 is 3.00 bits per heavy atom. The summed E-state index contributed by atoms with van der Waals surface area (Å²) in [4.78, 5) is 2.20. The second-order valence-electron chi connectivity index (χ2n) is 4.93. The van der Waals surface area contributed by atoms with Gasteiger partial charge in [0.25, 0.3) is 0 Å². The lowest BCUT2D eigenvalue weighted by Crippen LogP contribution is -2.27. The van der Waals surface area contributed by atoms with Crippen molar-refractivity contribution in [1.82, 2.24) is 10.2 Å². The van der Waals surface area contributed by atoms with E-state index in [1.807, 2.05) is 6.07 Å². The first-order valence-corrected chi connectivity index (χ1v) is 8.61. The predicted octanol–water partition coefficient (Wildman–Crippen LogP) is 1.01. The molecule has 0 aliphatic carbocycles. The summed E-state index contributed by atoms with van der Waals surface area (Å²) in [6.07, 6.45) is 2.43. The lowest BCUT2D eigenvalue weighted by molar-refractivity contribution is 0.284. The van der Waals surface area contributed by atoms with Crippen LogP contribution in [0.2, 0.25) is 0 Å². The van der Waals surface area contributed by atoms with Crippen LogP contribution >= 0.6 is 0 Å². The van der Waals surface area contributed by atoms with Crippen LogP contribution in [0.3, 0.4) is 0 Å². The number of nitrogens with one attached hydrogen (secondary N) is 1. The Hall–Kier alpha value is -0.850. The molecular formula is C13H22N2O3S. The molecule has 1 N–H and O–H groups in total. The van der Waals surface area contributed by atoms with E-state index in [1.165, 1.54) is 0 Å². The average molecular weight is 286 g/mol. The van der Waals surface area contributed by atoms with Crippen LogP contribution < -0.4 is 5.32 Å². The van der Waals surface area contributed by atoms with Gasteiger partial charge in [0.15, 0.2) is 9.84 Å². The molecule has 1 aromatic heterocycles. The van der Waals surface area contributed by atoms with E-state index in [4.69, 9.17) is 4.42 Å². The number of hydrogen-bond donors (Lipinski definition) is 1. The first kappa shape index (κ1) is 14.6. The summed E-state index contributed by atoms with van der Waals surface area (Å²) < 4.78 is 28.6. The van der Waals surface area contributed by atoms with Gasteiger partial charge in [0.05, 0.1) is 24.3 Å². The van der Waals surface area contributed by atoms with Crippen molar-refractivity contribution in [2.24, 2.45) is 0 Å². The zero-order valence-corrected chi connectivity index (χ0v) is 12.2. The molecule has 0 spiro atoms. The third-order valence-corrected chi connectivity index (χ3v) is 5.13. The second kappa shape index (κ2) is 6.54. The van der Waals surface area contributed by atoms with E-state index in [1.54, 1.807) is 6.26 Å². The number of nitrogens with zero attached hydrogens (tertiary/aromatic N) is 1. The van der Waals surface area contributed by atoms with Crippen LogP contribution in [-0.2, 0) is 22.9 Å². The molecule has 2 rings (SSSR count). The molecule has 1 aliphatic heterocycles. The van der Waals surface area contributed by atoms with Crippen molar-refractivity contribution in [2.75, 3.05) is 31.1 Å². The molecule has 0 atom stereocenters. The number of hydrogen-bond acceptors (Lipinski definition) is 5. The molecule has 2 heterocycles. The Labute approximate surface area is 114 Å². The summed E-state index contributed by atoms with van der Waals surface area (Å²) in [6, 6.07) is 1.98. The average Bonchev–Trinajstić information content (AvgIpc) is 2.72. The third-order valence-electron chi connectivity index (χ3n) is 3.42. The summed E-state index contributed by atoms with van der Waals surface area (Å²) >= 11 is 0. The molecule has 0 amide bonds. The van der Waals surface area contributed by atoms with Gasteiger partial charge < -0.3 is 9.73 Å². The van der Waals surface area contributed by atoms with Crippen molar-refractivity contribution in [2.45, 2.75) is 26.4 Å². The van der Waals surface area contributed by atoms with E-state index in [-0.39, 0.29) is 5.75 Å². The molecule has 0 aromatic carbocycles. The van der Waals surface area contributed by atoms with E-state index >= 15 is 0 Å². The fourth-order valence-corrected chi connectivity index (χ4v) is 3.60. The van der Waals surface area contributed by atoms with Crippen molar-refractivity contribution in [3.63, 3.8) is 0 Å². The normalized spacial score (nSPS) is 20.3. The quantitative estimate of drug-likeness (QED) is 0.875. The van der Waals surface area contributed by atoms with Crippen molar-refractivity contribution in [3.8, 4) is 0 Å². The van der Waals surface area contributed by atoms with Gasteiger partial charge in [-0.15, -0.1) is 0 Å². The number of furan rings is 1. The Morgan fingerprint density at radius 2 is 2.21 bits per heavy atom. The SMILES string of the molecule is CCNCc1occc1CN1CCCS(=O)(=O)CC1. The predicted molar refractivity (Wildman–Crippen MR) is 74.6 cm³/mol. The summed E-state index contributed by atoms with van der Waals surface area (Å²) in [5.74, 6) is 1.54. The molecule has 1 aliphatic rings. The number of sulfone groups is 1. The maximum Gasteiger partial charge on any atom is 0.151 e. The van der Waals surface area contributed by atoms with Crippen LogP contribution in [0, 0.1) is 0 Å². The fourth-order valence-electron chi connectivity index (χ4n) is 2.29. The smallest absolute Gasteiger partial charge is 0.151 e. The van der Waals surface area contributed by atoms with Crippen LogP contribution in [0.1, 0.15) is 24.7 Å². The maximum absolute atomic E-state index is 11.6. The van der Waals surface area contributed by atoms with Crippen molar-refractivity contribution in [3.05, 3.63) is 23.7 Å². The third kappa shape index (κ3) is 4.33. The molecule has 6 heteroatoms. The van der Waals surface area contributed by atoms with Gasteiger partial charge in [0.2, 0.25) is 0 Å². The minimum Gasteiger partial charge on any atom is -0.468 e. The first-order chi connectivity index (χ1) is 9.11. The number of rotatable bonds is 5. The molecular weight excluding hydrogens is 264 g/mol. The summed E-state index contributed by atoms with van der Waals surface area (Å²) in [5, 5.41) is 3.25. The fraction of sp³-hybridized carbons (Fsp3) is 0.692. The van der Waals surface area contributed by atoms with E-state index in [0.29, 0.717) is 12.3 Å². The maximum atomic E-state index is 11.6. The Bertz CT molecular complexity index is 496. The highest BCUT2D eigenvalue weighted by atomic mass is 32.2. The van der Waals surface area contributed by atoms with E-state index in [0.717, 1.165) is 43.9 Å². The topological polar surface area (TPSA) is 62.6 Å². The second-order valence-corrected chi connectivity index (χ2v) is 7.23. The lowest BCUT2D eigenvalue weighted by Gasteiger charge is -2.18. The highest BCUT2D eigenvalue weighted by Crippen LogP contribution is 2.15. The lowest BCUT2D eigenvalue weighted by atomic mass is 10.2. The van der Waals surface area contributed by atoms with Gasteiger partial charge in [-0.2, -0.15) is 0 Å². The molecule has 0 radical (unpaired) electrons. The van der Waals surface area contributed by atoms with Gasteiger partial charge in [0.1, 0.15) is 5.76 Å². The molecule has 1 aromatic rings. The Balaban J connectivity index is 1.95. The molecule has 0 unspecified atom stereocenters. The molecule has 1 saturated heterocycles. The molecule has 0 bridgehead atoms. The van der Waals surface area contributed by atoms with Crippen LogP contribution in [0.4, 0.5) is 0 Å². The summed E-state index contributed by atoms with van der Waals surface area (Å²) in [6.45, 7) is 5.92. The highest BCUT2D eigenvalue weighted by molar-refractivity contribution is 7.91. The van der Waals surface area contributed by atoms with Crippen LogP contribution in [0.5, 0.6) is 0 Å². The Kier molecular flexibility index (Phi) is 5.01. The Morgan fingerprint density at radius 1 is 1.37 bits per heavy atom. The van der Waals surface area contributed by atoms with E-state index < -0.39 is 9.84 Å². The van der Waals surface area contributed by atoms with Crippen LogP contribution in [0.25, 0.3) is 0 Å². The van der Waals surface area contributed by atoms with Gasteiger partial charge >= 0.3 is 0 Å². The zero-order chi connectivity index (χ0) is 13.7. The van der Waals surface area contributed by atoms with Gasteiger partial charge in [-0.05, 0) is 25.6 Å². The standard InChI is InChI=1S/C13H22N2O3S/c1-2-14-10-13-12(4-7-18-13)11-15-5-3-8-19(16,17)9-6-15/h4,7,14H,2-3,5-6,8-11H2,1H3. The van der Waals surface area contributed by atoms with E-state index in [9.17, 15) is 8.42 Å². The molecule has 1 fully saturated rings. The highest BCUT2D eigenvalue weighted by Gasteiger charge is 2.20. The first-order valence-electron chi connectivity index (χ1n) is 6.79. The van der Waals surface area contributed by atoms with Gasteiger partial charge in [-0.25, -0.2) is 8.42 Å². The van der Waals surface area contributed by atoms with Gasteiger partial charge in [0, 0.05) is 18.7 Å².